The third-order valence-electron chi connectivity index (χ3n) is 9.13. The molecule has 0 aliphatic heterocycles. The fourth-order valence-electron chi connectivity index (χ4n) is 10.00. The predicted octanol–water partition coefficient (Wildman–Crippen LogP) is 0.588. The van der Waals surface area contributed by atoms with Crippen molar-refractivity contribution in [1.82, 2.24) is 0 Å². The summed E-state index contributed by atoms with van der Waals surface area (Å²) < 4.78 is 0. The molecule has 8 fully saturated rings. The molecule has 8 unspecified atom stereocenters. The molecule has 0 aromatic carbocycles. The van der Waals surface area contributed by atoms with Gasteiger partial charge in [-0.15, -0.1) is 0 Å². The molecule has 0 amide bonds. The molecule has 2 heteroatoms. The van der Waals surface area contributed by atoms with E-state index in [-0.39, 0.29) is 11.7 Å². The van der Waals surface area contributed by atoms with Gasteiger partial charge in [-0.05, 0) is 77.9 Å². The lowest BCUT2D eigenvalue weighted by atomic mass is 9.80. The summed E-state index contributed by atoms with van der Waals surface area (Å²) in [6.07, 6.45) is 0.0601. The molecular weight excluding hydrogens is 212 g/mol. The Morgan fingerprint density at radius 3 is 1.35 bits per heavy atom. The summed E-state index contributed by atoms with van der Waals surface area (Å²) in [7, 11) is 0. The molecule has 0 spiro atoms. The van der Waals surface area contributed by atoms with Crippen molar-refractivity contribution in [1.29, 1.82) is 0 Å². The van der Waals surface area contributed by atoms with E-state index in [4.69, 9.17) is 0 Å². The second-order valence-corrected chi connectivity index (χ2v) is 8.54. The minimum atomic E-state index is -0.330. The van der Waals surface area contributed by atoms with Crippen molar-refractivity contribution in [3.8, 4) is 0 Å². The van der Waals surface area contributed by atoms with Crippen molar-refractivity contribution < 1.29 is 10.2 Å². The summed E-state index contributed by atoms with van der Waals surface area (Å²) in [5, 5.41) is 21.5. The van der Waals surface area contributed by atoms with E-state index in [0.29, 0.717) is 23.7 Å². The van der Waals surface area contributed by atoms with Crippen LogP contribution in [0.4, 0.5) is 0 Å². The first kappa shape index (κ1) is 8.16. The van der Waals surface area contributed by atoms with Gasteiger partial charge in [-0.1, -0.05) is 0 Å². The standard InChI is InChI=1S/C15H18O2/c1-15(17)12-6-2-3-7(12)9-5-4(8(6)13(9)15)10(2)14(16)11(3)5/h2-14,16-17H,1H3. The van der Waals surface area contributed by atoms with E-state index in [9.17, 15) is 10.2 Å². The number of hydrogen-bond acceptors (Lipinski definition) is 2. The molecule has 17 heavy (non-hydrogen) atoms. The normalized spacial score (nSPS) is 94.4. The van der Waals surface area contributed by atoms with Crippen LogP contribution in [-0.2, 0) is 0 Å². The van der Waals surface area contributed by atoms with Gasteiger partial charge in [-0.2, -0.15) is 0 Å². The van der Waals surface area contributed by atoms with Crippen LogP contribution in [0.25, 0.3) is 0 Å². The molecule has 8 atom stereocenters. The van der Waals surface area contributed by atoms with E-state index in [1.807, 2.05) is 0 Å². The second kappa shape index (κ2) is 1.76. The average Bonchev–Trinajstić information content (AvgIpc) is 2.92. The Balaban J connectivity index is 1.65. The number of aliphatic hydroxyl groups is 2. The van der Waals surface area contributed by atoms with Crippen molar-refractivity contribution in [2.45, 2.75) is 18.6 Å². The molecule has 8 aliphatic rings. The highest BCUT2D eigenvalue weighted by Gasteiger charge is 2.94. The maximum absolute atomic E-state index is 10.9. The smallest absolute Gasteiger partial charge is 0.0687 e. The fourth-order valence-corrected chi connectivity index (χ4v) is 10.00. The minimum Gasteiger partial charge on any atom is -0.393 e. The van der Waals surface area contributed by atoms with Crippen LogP contribution in [-0.4, -0.2) is 21.9 Å². The fraction of sp³-hybridized carbons (Fsp3) is 1.00. The van der Waals surface area contributed by atoms with Crippen LogP contribution in [0.5, 0.6) is 0 Å². The number of hydrogen-bond donors (Lipinski definition) is 2. The molecule has 8 aliphatic carbocycles. The third-order valence-corrected chi connectivity index (χ3v) is 9.13. The van der Waals surface area contributed by atoms with Crippen LogP contribution in [0.1, 0.15) is 6.92 Å². The van der Waals surface area contributed by atoms with Crippen LogP contribution in [0.3, 0.4) is 0 Å². The second-order valence-electron chi connectivity index (χ2n) is 8.54. The highest BCUT2D eigenvalue weighted by atomic mass is 16.3. The van der Waals surface area contributed by atoms with E-state index in [1.54, 1.807) is 0 Å². The van der Waals surface area contributed by atoms with Gasteiger partial charge >= 0.3 is 0 Å². The van der Waals surface area contributed by atoms with E-state index in [1.165, 1.54) is 0 Å². The maximum atomic E-state index is 10.9. The zero-order valence-electron chi connectivity index (χ0n) is 9.90. The maximum Gasteiger partial charge on any atom is 0.0687 e. The van der Waals surface area contributed by atoms with Gasteiger partial charge < -0.3 is 10.2 Å². The molecule has 0 aromatic heterocycles. The van der Waals surface area contributed by atoms with Gasteiger partial charge in [0.05, 0.1) is 11.7 Å². The highest BCUT2D eigenvalue weighted by Crippen LogP contribution is 2.94. The van der Waals surface area contributed by atoms with Crippen LogP contribution in [0.15, 0.2) is 0 Å². The first-order valence-electron chi connectivity index (χ1n) is 7.56. The Bertz CT molecular complexity index is 425. The molecule has 0 heterocycles. The van der Waals surface area contributed by atoms with Gasteiger partial charge in [-0.3, -0.25) is 0 Å². The summed E-state index contributed by atoms with van der Waals surface area (Å²) in [5.41, 5.74) is -0.330. The monoisotopic (exact) mass is 230 g/mol. The minimum absolute atomic E-state index is 0.0601. The van der Waals surface area contributed by atoms with Gasteiger partial charge in [0.15, 0.2) is 0 Å². The van der Waals surface area contributed by atoms with Crippen molar-refractivity contribution in [3.05, 3.63) is 0 Å². The van der Waals surface area contributed by atoms with Crippen LogP contribution in [0.2, 0.25) is 0 Å². The van der Waals surface area contributed by atoms with Crippen molar-refractivity contribution >= 4 is 0 Å². The molecule has 8 saturated carbocycles. The Hall–Kier alpha value is -0.0800. The quantitative estimate of drug-likeness (QED) is 0.639. The van der Waals surface area contributed by atoms with E-state index >= 15 is 0 Å². The lowest BCUT2D eigenvalue weighted by molar-refractivity contribution is -0.0100. The lowest BCUT2D eigenvalue weighted by Gasteiger charge is -2.26. The molecule has 4 bridgehead atoms. The summed E-state index contributed by atoms with van der Waals surface area (Å²) in [4.78, 5) is 0. The Kier molecular flexibility index (Phi) is 0.843. The van der Waals surface area contributed by atoms with Crippen LogP contribution in [0, 0.1) is 71.0 Å². The van der Waals surface area contributed by atoms with Crippen molar-refractivity contribution in [2.75, 3.05) is 0 Å². The first-order valence-corrected chi connectivity index (χ1v) is 7.56. The molecule has 0 radical (unpaired) electrons. The van der Waals surface area contributed by atoms with Gasteiger partial charge in [-0.25, -0.2) is 0 Å². The molecular formula is C15H18O2. The largest absolute Gasteiger partial charge is 0.393 e. The Morgan fingerprint density at radius 2 is 1.00 bits per heavy atom. The predicted molar refractivity (Wildman–Crippen MR) is 58.5 cm³/mol. The zero-order chi connectivity index (χ0) is 11.0. The first-order chi connectivity index (χ1) is 8.15. The average molecular weight is 230 g/mol. The SMILES string of the molecule is CC1(O)C2C3C4C5C(O)C6C4C2C2C6C5C3C21. The Morgan fingerprint density at radius 1 is 0.647 bits per heavy atom. The van der Waals surface area contributed by atoms with Crippen molar-refractivity contribution in [3.63, 3.8) is 0 Å². The van der Waals surface area contributed by atoms with E-state index in [0.717, 1.165) is 47.3 Å². The molecule has 2 N–H and O–H groups in total. The lowest BCUT2D eigenvalue weighted by Crippen LogP contribution is -2.34. The topological polar surface area (TPSA) is 40.5 Å². The summed E-state index contributed by atoms with van der Waals surface area (Å²) in [6, 6.07) is 0. The van der Waals surface area contributed by atoms with Gasteiger partial charge in [0.25, 0.3) is 0 Å². The highest BCUT2D eigenvalue weighted by molar-refractivity contribution is 5.41. The molecule has 2 nitrogen and oxygen atoms in total. The molecule has 8 rings (SSSR count). The van der Waals surface area contributed by atoms with Gasteiger partial charge in [0, 0.05) is 0 Å². The molecule has 90 valence electrons. The molecule has 0 aromatic rings. The third kappa shape index (κ3) is 0.438. The Labute approximate surface area is 100 Å². The van der Waals surface area contributed by atoms with Gasteiger partial charge in [0.1, 0.15) is 0 Å². The van der Waals surface area contributed by atoms with Crippen molar-refractivity contribution in [2.24, 2.45) is 71.0 Å². The van der Waals surface area contributed by atoms with Crippen LogP contribution >= 0.6 is 0 Å². The van der Waals surface area contributed by atoms with E-state index < -0.39 is 0 Å². The van der Waals surface area contributed by atoms with Gasteiger partial charge in [0.2, 0.25) is 0 Å². The zero-order valence-corrected chi connectivity index (χ0v) is 9.90. The van der Waals surface area contributed by atoms with E-state index in [2.05, 4.69) is 6.92 Å². The number of rotatable bonds is 0. The summed E-state index contributed by atoms with van der Waals surface area (Å²) in [6.45, 7) is 2.15. The molecule has 0 saturated heterocycles. The number of aliphatic hydroxyl groups excluding tert-OH is 1. The summed E-state index contributed by atoms with van der Waals surface area (Å²) in [5.74, 6) is 9.23. The summed E-state index contributed by atoms with van der Waals surface area (Å²) >= 11 is 0. The van der Waals surface area contributed by atoms with Crippen LogP contribution < -0.4 is 0 Å².